The molecule has 1 N–H and O–H groups in total. The molecule has 3 rings (SSSR count). The van der Waals surface area contributed by atoms with Crippen LogP contribution in [0.2, 0.25) is 5.15 Å². The Morgan fingerprint density at radius 3 is 2.62 bits per heavy atom. The van der Waals surface area contributed by atoms with Gasteiger partial charge >= 0.3 is 0 Å². The molecule has 7 heteroatoms. The maximum Gasteiger partial charge on any atom is 0.262 e. The van der Waals surface area contributed by atoms with Gasteiger partial charge in [0.05, 0.1) is 12.2 Å². The summed E-state index contributed by atoms with van der Waals surface area (Å²) >= 11 is 5.90. The summed E-state index contributed by atoms with van der Waals surface area (Å²) in [7, 11) is 0. The summed E-state index contributed by atoms with van der Waals surface area (Å²) in [5.41, 5.74) is 1.83. The lowest BCUT2D eigenvalue weighted by molar-refractivity contribution is -0.118. The van der Waals surface area contributed by atoms with Crippen molar-refractivity contribution in [3.8, 4) is 5.75 Å². The number of morpholine rings is 1. The van der Waals surface area contributed by atoms with Gasteiger partial charge in [-0.15, -0.1) is 0 Å². The lowest BCUT2D eigenvalue weighted by Gasteiger charge is -2.36. The number of rotatable bonds is 5. The summed E-state index contributed by atoms with van der Waals surface area (Å²) in [4.78, 5) is 18.2. The highest BCUT2D eigenvalue weighted by molar-refractivity contribution is 6.30. The van der Waals surface area contributed by atoms with Crippen molar-refractivity contribution >= 4 is 28.9 Å². The van der Waals surface area contributed by atoms with Crippen molar-refractivity contribution in [3.05, 3.63) is 47.7 Å². The molecule has 1 aliphatic rings. The van der Waals surface area contributed by atoms with E-state index in [-0.39, 0.29) is 29.9 Å². The largest absolute Gasteiger partial charge is 0.481 e. The molecule has 138 valence electrons. The summed E-state index contributed by atoms with van der Waals surface area (Å²) in [6, 6.07) is 11.1. The highest BCUT2D eigenvalue weighted by Gasteiger charge is 2.22. The minimum Gasteiger partial charge on any atom is -0.481 e. The summed E-state index contributed by atoms with van der Waals surface area (Å²) < 4.78 is 11.1. The highest BCUT2D eigenvalue weighted by atomic mass is 35.5. The molecular weight excluding hydrogens is 354 g/mol. The Morgan fingerprint density at radius 2 is 1.96 bits per heavy atom. The average molecular weight is 376 g/mol. The van der Waals surface area contributed by atoms with Crippen LogP contribution < -0.4 is 15.0 Å². The minimum absolute atomic E-state index is 0.133. The molecule has 1 saturated heterocycles. The predicted octanol–water partition coefficient (Wildman–Crippen LogP) is 3.37. The monoisotopic (exact) mass is 375 g/mol. The molecule has 0 saturated carbocycles. The number of nitrogens with zero attached hydrogens (tertiary/aromatic N) is 2. The van der Waals surface area contributed by atoms with Crippen LogP contribution in [0.3, 0.4) is 0 Å². The van der Waals surface area contributed by atoms with E-state index in [1.165, 1.54) is 0 Å². The molecule has 1 aromatic heterocycles. The number of hydrogen-bond donors (Lipinski definition) is 1. The predicted molar refractivity (Wildman–Crippen MR) is 102 cm³/mol. The zero-order valence-electron chi connectivity index (χ0n) is 14.8. The summed E-state index contributed by atoms with van der Waals surface area (Å²) in [6.45, 7) is 5.73. The fourth-order valence-corrected chi connectivity index (χ4v) is 3.14. The summed E-state index contributed by atoms with van der Waals surface area (Å²) in [6.07, 6.45) is 1.97. The lowest BCUT2D eigenvalue weighted by Crippen LogP contribution is -2.45. The Morgan fingerprint density at radius 1 is 1.27 bits per heavy atom. The van der Waals surface area contributed by atoms with Crippen LogP contribution >= 0.6 is 11.6 Å². The number of carbonyl (C=O) groups is 1. The van der Waals surface area contributed by atoms with E-state index in [2.05, 4.69) is 29.0 Å². The van der Waals surface area contributed by atoms with Crippen LogP contribution in [0.25, 0.3) is 0 Å². The van der Waals surface area contributed by atoms with Crippen molar-refractivity contribution in [2.75, 3.05) is 29.9 Å². The Balaban J connectivity index is 1.54. The van der Waals surface area contributed by atoms with Gasteiger partial charge in [-0.2, -0.15) is 0 Å². The number of nitrogens with one attached hydrogen (secondary N) is 1. The van der Waals surface area contributed by atoms with Crippen LogP contribution in [0.1, 0.15) is 13.8 Å². The Bertz CT molecular complexity index is 744. The number of hydrogen-bond acceptors (Lipinski definition) is 5. The highest BCUT2D eigenvalue weighted by Crippen LogP contribution is 2.23. The molecule has 0 bridgehead atoms. The van der Waals surface area contributed by atoms with Crippen LogP contribution in [0.5, 0.6) is 5.75 Å². The summed E-state index contributed by atoms with van der Waals surface area (Å²) in [5.74, 6) is 0.126. The average Bonchev–Trinajstić information content (AvgIpc) is 2.61. The Kier molecular flexibility index (Phi) is 5.96. The van der Waals surface area contributed by atoms with E-state index in [9.17, 15) is 4.79 Å². The third-order valence-corrected chi connectivity index (χ3v) is 4.30. The molecule has 26 heavy (non-hydrogen) atoms. The first-order valence-corrected chi connectivity index (χ1v) is 8.92. The first-order chi connectivity index (χ1) is 12.5. The van der Waals surface area contributed by atoms with Crippen LogP contribution in [0.4, 0.5) is 11.4 Å². The zero-order chi connectivity index (χ0) is 18.5. The molecule has 2 aromatic rings. The van der Waals surface area contributed by atoms with Gasteiger partial charge < -0.3 is 19.7 Å². The van der Waals surface area contributed by atoms with Crippen LogP contribution in [-0.4, -0.2) is 42.8 Å². The number of amides is 1. The number of anilines is 2. The molecule has 0 radical (unpaired) electrons. The Labute approximate surface area is 158 Å². The van der Waals surface area contributed by atoms with E-state index in [0.29, 0.717) is 11.4 Å². The van der Waals surface area contributed by atoms with Crippen LogP contribution in [0.15, 0.2) is 42.6 Å². The third-order valence-electron chi connectivity index (χ3n) is 4.02. The number of pyridine rings is 1. The van der Waals surface area contributed by atoms with Crippen molar-refractivity contribution in [2.45, 2.75) is 26.1 Å². The fourth-order valence-electron chi connectivity index (χ4n) is 2.96. The molecular formula is C19H22ClN3O3. The summed E-state index contributed by atoms with van der Waals surface area (Å²) in [5, 5.41) is 3.04. The second-order valence-electron chi connectivity index (χ2n) is 6.34. The lowest BCUT2D eigenvalue weighted by atomic mass is 10.2. The van der Waals surface area contributed by atoms with Gasteiger partial charge in [0.25, 0.3) is 5.91 Å². The molecule has 0 spiro atoms. The first-order valence-electron chi connectivity index (χ1n) is 8.55. The van der Waals surface area contributed by atoms with Gasteiger partial charge in [-0.1, -0.05) is 11.6 Å². The maximum atomic E-state index is 12.0. The maximum absolute atomic E-state index is 12.0. The van der Waals surface area contributed by atoms with E-state index in [1.807, 2.05) is 24.3 Å². The second-order valence-corrected chi connectivity index (χ2v) is 6.70. The van der Waals surface area contributed by atoms with Gasteiger partial charge in [-0.25, -0.2) is 4.98 Å². The van der Waals surface area contributed by atoms with Gasteiger partial charge in [-0.3, -0.25) is 4.79 Å². The topological polar surface area (TPSA) is 63.7 Å². The third kappa shape index (κ3) is 4.86. The van der Waals surface area contributed by atoms with Crippen LogP contribution in [0, 0.1) is 0 Å². The number of benzene rings is 1. The van der Waals surface area contributed by atoms with Crippen molar-refractivity contribution in [1.82, 2.24) is 4.98 Å². The first kappa shape index (κ1) is 18.5. The van der Waals surface area contributed by atoms with Gasteiger partial charge in [0.1, 0.15) is 0 Å². The normalized spacial score (nSPS) is 19.9. The van der Waals surface area contributed by atoms with Gasteiger partial charge in [0.15, 0.2) is 17.5 Å². The van der Waals surface area contributed by atoms with E-state index in [1.54, 1.807) is 18.3 Å². The molecule has 1 fully saturated rings. The van der Waals surface area contributed by atoms with Crippen molar-refractivity contribution < 1.29 is 14.3 Å². The molecule has 0 aliphatic carbocycles. The molecule has 1 aromatic carbocycles. The zero-order valence-corrected chi connectivity index (χ0v) is 15.6. The van der Waals surface area contributed by atoms with Gasteiger partial charge in [-0.05, 0) is 50.2 Å². The van der Waals surface area contributed by atoms with E-state index >= 15 is 0 Å². The van der Waals surface area contributed by atoms with Crippen molar-refractivity contribution in [2.24, 2.45) is 0 Å². The number of halogens is 1. The number of ether oxygens (including phenoxy) is 2. The van der Waals surface area contributed by atoms with E-state index < -0.39 is 0 Å². The molecule has 1 amide bonds. The SMILES string of the molecule is CC1CN(c2ccc(NC(=O)COc3cccnc3Cl)cc2)CC(C)O1. The minimum atomic E-state index is -0.258. The molecule has 2 heterocycles. The Hall–Kier alpha value is -2.31. The van der Waals surface area contributed by atoms with Gasteiger partial charge in [0.2, 0.25) is 0 Å². The van der Waals surface area contributed by atoms with Crippen molar-refractivity contribution in [3.63, 3.8) is 0 Å². The number of carbonyl (C=O) groups excluding carboxylic acids is 1. The molecule has 6 nitrogen and oxygen atoms in total. The van der Waals surface area contributed by atoms with E-state index in [0.717, 1.165) is 18.8 Å². The van der Waals surface area contributed by atoms with E-state index in [4.69, 9.17) is 21.1 Å². The standard InChI is InChI=1S/C19H22ClN3O3/c1-13-10-23(11-14(2)26-13)16-7-5-15(6-8-16)22-18(24)12-25-17-4-3-9-21-19(17)20/h3-9,13-14H,10-12H2,1-2H3,(H,22,24). The second kappa shape index (κ2) is 8.38. The van der Waals surface area contributed by atoms with Gasteiger partial charge in [0, 0.05) is 30.7 Å². The fraction of sp³-hybridized carbons (Fsp3) is 0.368. The smallest absolute Gasteiger partial charge is 0.262 e. The van der Waals surface area contributed by atoms with Crippen molar-refractivity contribution in [1.29, 1.82) is 0 Å². The molecule has 2 atom stereocenters. The molecule has 1 aliphatic heterocycles. The van der Waals surface area contributed by atoms with Crippen LogP contribution in [-0.2, 0) is 9.53 Å². The number of aromatic nitrogens is 1. The quantitative estimate of drug-likeness (QED) is 0.812. The molecule has 2 unspecified atom stereocenters.